The molecule has 0 N–H and O–H groups in total. The Morgan fingerprint density at radius 3 is 0.974 bits per heavy atom. The van der Waals surface area contributed by atoms with Crippen molar-refractivity contribution in [2.45, 2.75) is 0 Å². The van der Waals surface area contributed by atoms with Crippen LogP contribution in [0.1, 0.15) is 16.7 Å². The van der Waals surface area contributed by atoms with Crippen molar-refractivity contribution in [1.82, 2.24) is 15.0 Å². The highest BCUT2D eigenvalue weighted by molar-refractivity contribution is 5.96. The summed E-state index contributed by atoms with van der Waals surface area (Å²) in [6.45, 7) is 0. The van der Waals surface area contributed by atoms with Crippen molar-refractivity contribution in [1.29, 1.82) is 15.8 Å². The van der Waals surface area contributed by atoms with Crippen LogP contribution in [-0.2, 0) is 0 Å². The Morgan fingerprint density at radius 1 is 0.276 bits per heavy atom. The molecule has 2 aliphatic rings. The van der Waals surface area contributed by atoms with E-state index in [1.54, 1.807) is 18.2 Å². The summed E-state index contributed by atoms with van der Waals surface area (Å²) in [6.07, 6.45) is 0. The molecule has 0 saturated carbocycles. The van der Waals surface area contributed by atoms with Gasteiger partial charge in [0.2, 0.25) is 0 Å². The summed E-state index contributed by atoms with van der Waals surface area (Å²) in [6, 6.07) is 81.8. The fourth-order valence-corrected chi connectivity index (χ4v) is 9.96. The van der Waals surface area contributed by atoms with Crippen LogP contribution in [0.5, 0.6) is 23.0 Å². The maximum absolute atomic E-state index is 9.98. The Hall–Kier alpha value is -11.1. The van der Waals surface area contributed by atoms with Crippen molar-refractivity contribution in [2.24, 2.45) is 0 Å². The predicted octanol–water partition coefficient (Wildman–Crippen LogP) is 16.6. The van der Waals surface area contributed by atoms with Gasteiger partial charge in [0.1, 0.15) is 0 Å². The van der Waals surface area contributed by atoms with Crippen LogP contribution in [0, 0.1) is 34.0 Å². The van der Waals surface area contributed by atoms with Gasteiger partial charge in [0.05, 0.1) is 69.0 Å². The van der Waals surface area contributed by atoms with E-state index in [0.29, 0.717) is 68.3 Å². The van der Waals surface area contributed by atoms with E-state index in [1.165, 1.54) is 0 Å². The molecule has 1 aromatic heterocycles. The lowest BCUT2D eigenvalue weighted by atomic mass is 9.98. The van der Waals surface area contributed by atoms with Crippen molar-refractivity contribution < 1.29 is 9.47 Å². The molecule has 3 heterocycles. The normalized spacial score (nSPS) is 11.8. The molecule has 354 valence electrons. The number of aromatic nitrogens is 3. The first-order valence-corrected chi connectivity index (χ1v) is 24.5. The van der Waals surface area contributed by atoms with E-state index in [4.69, 9.17) is 24.4 Å². The molecule has 13 rings (SSSR count). The summed E-state index contributed by atoms with van der Waals surface area (Å²) in [4.78, 5) is 20.7. The zero-order chi connectivity index (χ0) is 51.1. The lowest BCUT2D eigenvalue weighted by Gasteiger charge is -2.34. The molecule has 0 unspecified atom stereocenters. The summed E-state index contributed by atoms with van der Waals surface area (Å²) in [7, 11) is 0. The average Bonchev–Trinajstić information content (AvgIpc) is 3.53. The van der Waals surface area contributed by atoms with Crippen LogP contribution >= 0.6 is 0 Å². The largest absolute Gasteiger partial charge is 0.453 e. The van der Waals surface area contributed by atoms with Crippen LogP contribution in [0.3, 0.4) is 0 Å². The first kappa shape index (κ1) is 44.8. The fourth-order valence-electron chi connectivity index (χ4n) is 9.96. The first-order chi connectivity index (χ1) is 37.5. The molecular formula is C66H38N8O2. The van der Waals surface area contributed by atoms with Crippen LogP contribution in [0.4, 0.5) is 34.1 Å². The summed E-state index contributed by atoms with van der Waals surface area (Å²) in [5.41, 5.74) is 14.0. The number of nitriles is 3. The van der Waals surface area contributed by atoms with Gasteiger partial charge >= 0.3 is 0 Å². The molecule has 0 aliphatic carbocycles. The van der Waals surface area contributed by atoms with Crippen LogP contribution in [0.2, 0.25) is 0 Å². The van der Waals surface area contributed by atoms with Gasteiger partial charge in [0.15, 0.2) is 40.5 Å². The summed E-state index contributed by atoms with van der Waals surface area (Å²) < 4.78 is 13.1. The second kappa shape index (κ2) is 18.8. The first-order valence-electron chi connectivity index (χ1n) is 24.5. The third kappa shape index (κ3) is 8.06. The molecular weight excluding hydrogens is 937 g/mol. The molecule has 76 heavy (non-hydrogen) atoms. The van der Waals surface area contributed by atoms with Crippen molar-refractivity contribution in [2.75, 3.05) is 9.80 Å². The van der Waals surface area contributed by atoms with Gasteiger partial charge in [-0.3, -0.25) is 0 Å². The molecule has 10 aromatic carbocycles. The number of anilines is 6. The Balaban J connectivity index is 1.08. The Bertz CT molecular complexity index is 3950. The highest BCUT2D eigenvalue weighted by Gasteiger charge is 2.31. The average molecular weight is 975 g/mol. The molecule has 0 atom stereocenters. The third-order valence-electron chi connectivity index (χ3n) is 13.6. The summed E-state index contributed by atoms with van der Waals surface area (Å²) in [5.74, 6) is 3.94. The lowest BCUT2D eigenvalue weighted by molar-refractivity contribution is 0.477. The molecule has 0 bridgehead atoms. The lowest BCUT2D eigenvalue weighted by Crippen LogP contribution is -2.17. The fraction of sp³-hybridized carbons (Fsp3) is 0. The number of rotatable bonds is 8. The van der Waals surface area contributed by atoms with E-state index >= 15 is 0 Å². The van der Waals surface area contributed by atoms with E-state index < -0.39 is 0 Å². The minimum Gasteiger partial charge on any atom is -0.453 e. The molecule has 10 nitrogen and oxygen atoms in total. The minimum atomic E-state index is 0.402. The number of nitrogens with zero attached hydrogens (tertiary/aromatic N) is 8. The second-order valence-corrected chi connectivity index (χ2v) is 18.2. The van der Waals surface area contributed by atoms with E-state index in [-0.39, 0.29) is 0 Å². The van der Waals surface area contributed by atoms with Gasteiger partial charge in [-0.15, -0.1) is 0 Å². The van der Waals surface area contributed by atoms with Crippen molar-refractivity contribution >= 4 is 34.1 Å². The molecule has 0 spiro atoms. The number of ether oxygens (including phenoxy) is 2. The summed E-state index contributed by atoms with van der Waals surface area (Å²) in [5, 5.41) is 29.7. The third-order valence-corrected chi connectivity index (χ3v) is 13.6. The number of para-hydroxylation sites is 8. The maximum Gasteiger partial charge on any atom is 0.166 e. The molecule has 0 radical (unpaired) electrons. The number of benzene rings is 10. The van der Waals surface area contributed by atoms with Gasteiger partial charge in [-0.25, -0.2) is 15.0 Å². The molecule has 2 aliphatic heterocycles. The van der Waals surface area contributed by atoms with Crippen LogP contribution in [-0.4, -0.2) is 15.0 Å². The Kier molecular flexibility index (Phi) is 11.1. The second-order valence-electron chi connectivity index (χ2n) is 18.2. The molecule has 0 saturated heterocycles. The van der Waals surface area contributed by atoms with Crippen molar-refractivity contribution in [3.63, 3.8) is 0 Å². The SMILES string of the molecule is N#Cc1cccc(-c2ccc(-c3nc(-c4ccc(-c5cccc(C#N)c5)cc4N4c5ccccc5Oc5ccccc54)nc(-c4ccc(-c5cccc(C#N)c5)cc4N4c5ccccc5Oc5ccccc54)n3)cc2)c1. The zero-order valence-corrected chi connectivity index (χ0v) is 40.3. The van der Waals surface area contributed by atoms with Gasteiger partial charge in [-0.1, -0.05) is 121 Å². The minimum absolute atomic E-state index is 0.402. The van der Waals surface area contributed by atoms with Crippen molar-refractivity contribution in [3.8, 4) is 109 Å². The van der Waals surface area contributed by atoms with Gasteiger partial charge in [-0.2, -0.15) is 15.8 Å². The predicted molar refractivity (Wildman–Crippen MR) is 296 cm³/mol. The number of hydrogen-bond acceptors (Lipinski definition) is 10. The van der Waals surface area contributed by atoms with Crippen LogP contribution < -0.4 is 19.3 Å². The zero-order valence-electron chi connectivity index (χ0n) is 40.3. The standard InChI is InChI=1S/C66H38N8O2/c67-39-42-12-9-15-47(34-42)45-26-28-46(29-27-45)64-70-65(52-32-30-50(48-16-10-13-43(35-48)40-68)37-58(52)73-54-18-1-5-22-60(54)75-61-23-6-2-19-55(61)73)72-66(71-64)53-33-31-51(49-17-11-14-44(36-49)41-69)38-59(53)74-56-20-3-7-24-62(56)76-63-25-8-4-21-57(63)74/h1-38H. The number of fused-ring (bicyclic) bond motifs is 4. The molecule has 0 amide bonds. The van der Waals surface area contributed by atoms with Crippen LogP contribution in [0.15, 0.2) is 231 Å². The van der Waals surface area contributed by atoms with Gasteiger partial charge in [0, 0.05) is 16.7 Å². The maximum atomic E-state index is 9.98. The highest BCUT2D eigenvalue weighted by Crippen LogP contribution is 2.55. The smallest absolute Gasteiger partial charge is 0.166 e. The molecule has 11 aromatic rings. The quantitative estimate of drug-likeness (QED) is 0.145. The monoisotopic (exact) mass is 974 g/mol. The summed E-state index contributed by atoms with van der Waals surface area (Å²) >= 11 is 0. The molecule has 10 heteroatoms. The van der Waals surface area contributed by atoms with E-state index in [1.807, 2.05) is 200 Å². The van der Waals surface area contributed by atoms with Gasteiger partial charge in [0.25, 0.3) is 0 Å². The van der Waals surface area contributed by atoms with Gasteiger partial charge < -0.3 is 19.3 Å². The van der Waals surface area contributed by atoms with Crippen molar-refractivity contribution in [3.05, 3.63) is 247 Å². The van der Waals surface area contributed by atoms with Gasteiger partial charge in [-0.05, 0) is 143 Å². The highest BCUT2D eigenvalue weighted by atomic mass is 16.5. The molecule has 0 fully saturated rings. The topological polar surface area (TPSA) is 135 Å². The van der Waals surface area contributed by atoms with Crippen LogP contribution in [0.25, 0.3) is 67.5 Å². The van der Waals surface area contributed by atoms with E-state index in [2.05, 4.69) is 40.1 Å². The Labute approximate surface area is 438 Å². The Morgan fingerprint density at radius 2 is 0.592 bits per heavy atom. The van der Waals surface area contributed by atoms with E-state index in [0.717, 1.165) is 73.1 Å². The number of hydrogen-bond donors (Lipinski definition) is 0. The van der Waals surface area contributed by atoms with E-state index in [9.17, 15) is 15.8 Å².